The molecule has 0 aliphatic rings. The highest BCUT2D eigenvalue weighted by atomic mass is 79.9. The maximum absolute atomic E-state index is 12.2. The summed E-state index contributed by atoms with van der Waals surface area (Å²) in [6.07, 6.45) is 0. The molecule has 6 heteroatoms. The van der Waals surface area contributed by atoms with Gasteiger partial charge in [-0.25, -0.2) is 8.42 Å². The van der Waals surface area contributed by atoms with Gasteiger partial charge < -0.3 is 4.74 Å². The van der Waals surface area contributed by atoms with Crippen LogP contribution in [0.5, 0.6) is 5.75 Å². The Morgan fingerprint density at radius 3 is 2.53 bits per heavy atom. The summed E-state index contributed by atoms with van der Waals surface area (Å²) in [4.78, 5) is 0.199. The number of halogens is 1. The second-order valence-corrected chi connectivity index (χ2v) is 6.39. The molecule has 2 rings (SSSR count). The third-order valence-electron chi connectivity index (χ3n) is 2.43. The molecule has 0 fully saturated rings. The zero-order chi connectivity index (χ0) is 13.9. The van der Waals surface area contributed by atoms with Crippen LogP contribution < -0.4 is 9.46 Å². The molecule has 0 aliphatic heterocycles. The quantitative estimate of drug-likeness (QED) is 0.928. The Morgan fingerprint density at radius 1 is 1.11 bits per heavy atom. The van der Waals surface area contributed by atoms with E-state index in [1.54, 1.807) is 42.5 Å². The molecule has 0 aromatic heterocycles. The fourth-order valence-corrected chi connectivity index (χ4v) is 3.18. The number of benzene rings is 2. The fourth-order valence-electron chi connectivity index (χ4n) is 1.53. The molecule has 1 N–H and O–H groups in total. The van der Waals surface area contributed by atoms with Crippen LogP contribution in [0.3, 0.4) is 0 Å². The molecule has 4 nitrogen and oxygen atoms in total. The van der Waals surface area contributed by atoms with E-state index in [-0.39, 0.29) is 4.90 Å². The van der Waals surface area contributed by atoms with E-state index < -0.39 is 10.0 Å². The van der Waals surface area contributed by atoms with Crippen LogP contribution in [0.1, 0.15) is 0 Å². The van der Waals surface area contributed by atoms with Crippen LogP contribution in [0.4, 0.5) is 5.69 Å². The Labute approximate surface area is 120 Å². The van der Waals surface area contributed by atoms with E-state index in [1.807, 2.05) is 0 Å². The van der Waals surface area contributed by atoms with Crippen molar-refractivity contribution in [2.75, 3.05) is 11.8 Å². The van der Waals surface area contributed by atoms with E-state index in [4.69, 9.17) is 4.74 Å². The number of methoxy groups -OCH3 is 1. The average Bonchev–Trinajstić information content (AvgIpc) is 2.38. The topological polar surface area (TPSA) is 55.4 Å². The van der Waals surface area contributed by atoms with E-state index in [9.17, 15) is 8.42 Å². The average molecular weight is 342 g/mol. The number of hydrogen-bond acceptors (Lipinski definition) is 3. The van der Waals surface area contributed by atoms with Crippen molar-refractivity contribution in [1.29, 1.82) is 0 Å². The summed E-state index contributed by atoms with van der Waals surface area (Å²) in [7, 11) is -2.07. The molecule has 0 unspecified atom stereocenters. The van der Waals surface area contributed by atoms with Gasteiger partial charge in [0.2, 0.25) is 0 Å². The molecule has 2 aromatic rings. The Bertz CT molecular complexity index is 686. The molecule has 19 heavy (non-hydrogen) atoms. The molecule has 2 aromatic carbocycles. The summed E-state index contributed by atoms with van der Waals surface area (Å²) in [6, 6.07) is 13.3. The van der Waals surface area contributed by atoms with Crippen LogP contribution >= 0.6 is 15.9 Å². The Hall–Kier alpha value is -1.53. The van der Waals surface area contributed by atoms with E-state index in [1.165, 1.54) is 13.2 Å². The summed E-state index contributed by atoms with van der Waals surface area (Å²) < 4.78 is 32.6. The maximum atomic E-state index is 12.2. The van der Waals surface area contributed by atoms with Crippen molar-refractivity contribution < 1.29 is 13.2 Å². The van der Waals surface area contributed by atoms with Gasteiger partial charge in [-0.1, -0.05) is 28.1 Å². The van der Waals surface area contributed by atoms with Crippen molar-refractivity contribution in [3.05, 3.63) is 53.0 Å². The van der Waals surface area contributed by atoms with Gasteiger partial charge in [-0.2, -0.15) is 0 Å². The number of anilines is 1. The van der Waals surface area contributed by atoms with Crippen LogP contribution in [-0.2, 0) is 10.0 Å². The lowest BCUT2D eigenvalue weighted by Gasteiger charge is -2.09. The highest BCUT2D eigenvalue weighted by Gasteiger charge is 2.14. The number of hydrogen-bond donors (Lipinski definition) is 1. The van der Waals surface area contributed by atoms with Crippen molar-refractivity contribution in [2.45, 2.75) is 4.90 Å². The SMILES string of the molecule is COc1cccc(NS(=O)(=O)c2cccc(Br)c2)c1. The molecular weight excluding hydrogens is 330 g/mol. The van der Waals surface area contributed by atoms with Crippen molar-refractivity contribution in [3.8, 4) is 5.75 Å². The molecule has 100 valence electrons. The highest BCUT2D eigenvalue weighted by molar-refractivity contribution is 9.10. The van der Waals surface area contributed by atoms with Gasteiger partial charge >= 0.3 is 0 Å². The minimum atomic E-state index is -3.60. The van der Waals surface area contributed by atoms with Gasteiger partial charge in [-0.15, -0.1) is 0 Å². The number of nitrogens with one attached hydrogen (secondary N) is 1. The van der Waals surface area contributed by atoms with E-state index in [0.29, 0.717) is 15.9 Å². The second-order valence-electron chi connectivity index (χ2n) is 3.79. The summed E-state index contributed by atoms with van der Waals surface area (Å²) in [6.45, 7) is 0. The first-order valence-corrected chi connectivity index (χ1v) is 7.71. The summed E-state index contributed by atoms with van der Waals surface area (Å²) in [5.74, 6) is 0.592. The van der Waals surface area contributed by atoms with Gasteiger partial charge in [0.25, 0.3) is 10.0 Å². The largest absolute Gasteiger partial charge is 0.497 e. The molecule has 0 saturated carbocycles. The van der Waals surface area contributed by atoms with Gasteiger partial charge in [0.05, 0.1) is 17.7 Å². The minimum Gasteiger partial charge on any atom is -0.497 e. The zero-order valence-corrected chi connectivity index (χ0v) is 12.5. The maximum Gasteiger partial charge on any atom is 0.261 e. The molecule has 0 bridgehead atoms. The summed E-state index contributed by atoms with van der Waals surface area (Å²) in [5.41, 5.74) is 0.458. The van der Waals surface area contributed by atoms with E-state index in [0.717, 1.165) is 0 Å². The van der Waals surface area contributed by atoms with Gasteiger partial charge in [0, 0.05) is 10.5 Å². The lowest BCUT2D eigenvalue weighted by Crippen LogP contribution is -2.12. The monoisotopic (exact) mass is 341 g/mol. The molecule has 0 saturated heterocycles. The number of ether oxygens (including phenoxy) is 1. The second kappa shape index (κ2) is 5.63. The van der Waals surface area contributed by atoms with Crippen LogP contribution in [0.15, 0.2) is 57.9 Å². The van der Waals surface area contributed by atoms with Gasteiger partial charge in [-0.3, -0.25) is 4.72 Å². The van der Waals surface area contributed by atoms with Crippen LogP contribution in [0.25, 0.3) is 0 Å². The predicted octanol–water partition coefficient (Wildman–Crippen LogP) is 3.26. The zero-order valence-electron chi connectivity index (χ0n) is 10.1. The van der Waals surface area contributed by atoms with Crippen LogP contribution in [-0.4, -0.2) is 15.5 Å². The molecular formula is C13H12BrNO3S. The highest BCUT2D eigenvalue weighted by Crippen LogP contribution is 2.22. The lowest BCUT2D eigenvalue weighted by molar-refractivity contribution is 0.415. The van der Waals surface area contributed by atoms with Crippen molar-refractivity contribution >= 4 is 31.6 Å². The molecule has 0 radical (unpaired) electrons. The Balaban J connectivity index is 2.31. The predicted molar refractivity (Wildman–Crippen MR) is 77.9 cm³/mol. The molecule has 0 amide bonds. The van der Waals surface area contributed by atoms with E-state index in [2.05, 4.69) is 20.7 Å². The summed E-state index contributed by atoms with van der Waals surface area (Å²) >= 11 is 3.25. The first-order chi connectivity index (χ1) is 9.01. The van der Waals surface area contributed by atoms with Crippen molar-refractivity contribution in [2.24, 2.45) is 0 Å². The fraction of sp³-hybridized carbons (Fsp3) is 0.0769. The molecule has 0 heterocycles. The van der Waals surface area contributed by atoms with Crippen molar-refractivity contribution in [1.82, 2.24) is 0 Å². The van der Waals surface area contributed by atoms with Gasteiger partial charge in [-0.05, 0) is 30.3 Å². The van der Waals surface area contributed by atoms with Crippen molar-refractivity contribution in [3.63, 3.8) is 0 Å². The number of rotatable bonds is 4. The molecule has 0 atom stereocenters. The lowest BCUT2D eigenvalue weighted by atomic mass is 10.3. The first kappa shape index (κ1) is 13.9. The first-order valence-electron chi connectivity index (χ1n) is 5.44. The number of sulfonamides is 1. The molecule has 0 spiro atoms. The Kier molecular flexibility index (Phi) is 4.11. The van der Waals surface area contributed by atoms with Crippen LogP contribution in [0.2, 0.25) is 0 Å². The standard InChI is InChI=1S/C13H12BrNO3S/c1-18-12-6-3-5-11(9-12)15-19(16,17)13-7-2-4-10(14)8-13/h2-9,15H,1H3. The normalized spacial score (nSPS) is 11.1. The van der Waals surface area contributed by atoms with E-state index >= 15 is 0 Å². The van der Waals surface area contributed by atoms with Gasteiger partial charge in [0.1, 0.15) is 5.75 Å². The Morgan fingerprint density at radius 2 is 1.84 bits per heavy atom. The molecule has 0 aliphatic carbocycles. The third kappa shape index (κ3) is 3.48. The minimum absolute atomic E-state index is 0.199. The third-order valence-corrected chi connectivity index (χ3v) is 4.30. The summed E-state index contributed by atoms with van der Waals surface area (Å²) in [5, 5.41) is 0. The smallest absolute Gasteiger partial charge is 0.261 e. The van der Waals surface area contributed by atoms with Crippen LogP contribution in [0, 0.1) is 0 Å². The van der Waals surface area contributed by atoms with Gasteiger partial charge in [0.15, 0.2) is 0 Å².